The molecule has 0 saturated carbocycles. The summed E-state index contributed by atoms with van der Waals surface area (Å²) in [6.45, 7) is 1.72. The van der Waals surface area contributed by atoms with Gasteiger partial charge in [-0.15, -0.1) is 0 Å². The fourth-order valence-corrected chi connectivity index (χ4v) is 1.55. The van der Waals surface area contributed by atoms with Gasteiger partial charge in [0.2, 0.25) is 0 Å². The Morgan fingerprint density at radius 1 is 1.53 bits per heavy atom. The summed E-state index contributed by atoms with van der Waals surface area (Å²) < 4.78 is 0. The molecule has 1 atom stereocenters. The first-order valence-electron chi connectivity index (χ1n) is 5.04. The lowest BCUT2D eigenvalue weighted by Crippen LogP contribution is -2.29. The van der Waals surface area contributed by atoms with E-state index in [-0.39, 0.29) is 5.56 Å². The number of hydrogen-bond acceptors (Lipinski definition) is 3. The molecule has 4 N–H and O–H groups in total. The van der Waals surface area contributed by atoms with Gasteiger partial charge in [0, 0.05) is 10.7 Å². The number of nitrogens with one attached hydrogen (secondary N) is 1. The van der Waals surface area contributed by atoms with Crippen molar-refractivity contribution < 1.29 is 14.7 Å². The van der Waals surface area contributed by atoms with Crippen LogP contribution in [0.3, 0.4) is 0 Å². The summed E-state index contributed by atoms with van der Waals surface area (Å²) in [4.78, 5) is 22.1. The van der Waals surface area contributed by atoms with Crippen LogP contribution in [0.25, 0.3) is 0 Å². The molecule has 17 heavy (non-hydrogen) atoms. The maximum Gasteiger partial charge on any atom is 0.326 e. The minimum atomic E-state index is -0.997. The summed E-state index contributed by atoms with van der Waals surface area (Å²) in [7, 11) is 0. The number of rotatable bonds is 5. The maximum atomic E-state index is 11.2. The monoisotopic (exact) mass is 256 g/mol. The third kappa shape index (κ3) is 3.35. The standard InChI is InChI=1S/C11H13ClN2O3/c1-2-8(11(16)17)14-9-5-6(12)3-4-7(9)10(13)15/h3-5,8,14H,2H2,1H3,(H2,13,15)(H,16,17). The van der Waals surface area contributed by atoms with Gasteiger partial charge in [-0.25, -0.2) is 4.79 Å². The average molecular weight is 257 g/mol. The van der Waals surface area contributed by atoms with E-state index in [2.05, 4.69) is 5.32 Å². The molecule has 1 rings (SSSR count). The topological polar surface area (TPSA) is 92.4 Å². The molecule has 0 aliphatic heterocycles. The lowest BCUT2D eigenvalue weighted by Gasteiger charge is -2.16. The third-order valence-corrected chi connectivity index (χ3v) is 2.52. The van der Waals surface area contributed by atoms with Gasteiger partial charge >= 0.3 is 5.97 Å². The van der Waals surface area contributed by atoms with Gasteiger partial charge in [0.15, 0.2) is 0 Å². The van der Waals surface area contributed by atoms with Gasteiger partial charge in [-0.05, 0) is 24.6 Å². The van der Waals surface area contributed by atoms with Gasteiger partial charge in [0.1, 0.15) is 6.04 Å². The molecule has 0 aliphatic rings. The Morgan fingerprint density at radius 2 is 2.18 bits per heavy atom. The molecule has 0 fully saturated rings. The number of amides is 1. The van der Waals surface area contributed by atoms with Crippen molar-refractivity contribution in [3.05, 3.63) is 28.8 Å². The number of benzene rings is 1. The minimum Gasteiger partial charge on any atom is -0.480 e. The predicted molar refractivity (Wildman–Crippen MR) is 65.3 cm³/mol. The van der Waals surface area contributed by atoms with Crippen LogP contribution >= 0.6 is 11.6 Å². The molecule has 0 aromatic heterocycles. The fourth-order valence-electron chi connectivity index (χ4n) is 1.38. The van der Waals surface area contributed by atoms with Gasteiger partial charge in [0.05, 0.1) is 5.56 Å². The highest BCUT2D eigenvalue weighted by molar-refractivity contribution is 6.31. The summed E-state index contributed by atoms with van der Waals surface area (Å²) in [5, 5.41) is 12.1. The summed E-state index contributed by atoms with van der Waals surface area (Å²) >= 11 is 5.79. The number of carboxylic acids is 1. The molecule has 0 saturated heterocycles. The predicted octanol–water partition coefficient (Wildman–Crippen LogP) is 1.71. The van der Waals surface area contributed by atoms with Crippen molar-refractivity contribution in [2.75, 3.05) is 5.32 Å². The zero-order valence-electron chi connectivity index (χ0n) is 9.24. The quantitative estimate of drug-likeness (QED) is 0.748. The van der Waals surface area contributed by atoms with Gasteiger partial charge in [-0.1, -0.05) is 18.5 Å². The Balaban J connectivity index is 3.07. The van der Waals surface area contributed by atoms with E-state index in [0.717, 1.165) is 0 Å². The Kier molecular flexibility index (Phi) is 4.34. The average Bonchev–Trinajstić information content (AvgIpc) is 2.25. The minimum absolute atomic E-state index is 0.217. The van der Waals surface area contributed by atoms with Crippen LogP contribution in [0.15, 0.2) is 18.2 Å². The Bertz CT molecular complexity index is 448. The number of carbonyl (C=O) groups is 2. The number of halogens is 1. The molecule has 5 nitrogen and oxygen atoms in total. The van der Waals surface area contributed by atoms with Crippen molar-refractivity contribution in [2.24, 2.45) is 5.73 Å². The second-order valence-corrected chi connectivity index (χ2v) is 3.93. The highest BCUT2D eigenvalue weighted by Gasteiger charge is 2.17. The zero-order chi connectivity index (χ0) is 13.0. The molecule has 0 bridgehead atoms. The van der Waals surface area contributed by atoms with Crippen LogP contribution in [0.5, 0.6) is 0 Å². The van der Waals surface area contributed by atoms with Crippen LogP contribution in [0.4, 0.5) is 5.69 Å². The van der Waals surface area contributed by atoms with E-state index >= 15 is 0 Å². The zero-order valence-corrected chi connectivity index (χ0v) is 9.99. The van der Waals surface area contributed by atoms with Crippen molar-refractivity contribution >= 4 is 29.2 Å². The van der Waals surface area contributed by atoms with Crippen LogP contribution in [-0.2, 0) is 4.79 Å². The number of primary amides is 1. The molecule has 92 valence electrons. The molecule has 1 amide bonds. The van der Waals surface area contributed by atoms with Crippen molar-refractivity contribution in [1.29, 1.82) is 0 Å². The molecule has 0 spiro atoms. The Hall–Kier alpha value is -1.75. The van der Waals surface area contributed by atoms with Gasteiger partial charge in [-0.2, -0.15) is 0 Å². The Morgan fingerprint density at radius 3 is 2.65 bits per heavy atom. The molecule has 0 radical (unpaired) electrons. The number of carboxylic acid groups (broad SMARTS) is 1. The molecule has 1 unspecified atom stereocenters. The number of hydrogen-bond donors (Lipinski definition) is 3. The van der Waals surface area contributed by atoms with Crippen LogP contribution < -0.4 is 11.1 Å². The fraction of sp³-hybridized carbons (Fsp3) is 0.273. The first-order valence-corrected chi connectivity index (χ1v) is 5.42. The van der Waals surface area contributed by atoms with Crippen molar-refractivity contribution in [3.63, 3.8) is 0 Å². The third-order valence-electron chi connectivity index (χ3n) is 2.28. The van der Waals surface area contributed by atoms with Crippen molar-refractivity contribution in [3.8, 4) is 0 Å². The summed E-state index contributed by atoms with van der Waals surface area (Å²) in [5.41, 5.74) is 5.74. The highest BCUT2D eigenvalue weighted by atomic mass is 35.5. The largest absolute Gasteiger partial charge is 0.480 e. The highest BCUT2D eigenvalue weighted by Crippen LogP contribution is 2.22. The molecular weight excluding hydrogens is 244 g/mol. The normalized spacial score (nSPS) is 11.9. The second kappa shape index (κ2) is 5.54. The number of anilines is 1. The lowest BCUT2D eigenvalue weighted by atomic mass is 10.1. The van der Waals surface area contributed by atoms with E-state index in [9.17, 15) is 9.59 Å². The van der Waals surface area contributed by atoms with Crippen LogP contribution in [0.1, 0.15) is 23.7 Å². The lowest BCUT2D eigenvalue weighted by molar-refractivity contribution is -0.137. The summed E-state index contributed by atoms with van der Waals surface area (Å²) in [5.74, 6) is -1.63. The molecule has 1 aromatic carbocycles. The van der Waals surface area contributed by atoms with Crippen LogP contribution in [-0.4, -0.2) is 23.0 Å². The van der Waals surface area contributed by atoms with E-state index in [1.807, 2.05) is 0 Å². The molecule has 1 aromatic rings. The molecule has 6 heteroatoms. The van der Waals surface area contributed by atoms with E-state index in [4.69, 9.17) is 22.4 Å². The van der Waals surface area contributed by atoms with Crippen LogP contribution in [0.2, 0.25) is 5.02 Å². The Labute approximate surface area is 104 Å². The van der Waals surface area contributed by atoms with Crippen molar-refractivity contribution in [1.82, 2.24) is 0 Å². The maximum absolute atomic E-state index is 11.2. The van der Waals surface area contributed by atoms with E-state index in [0.29, 0.717) is 17.1 Å². The first-order chi connectivity index (χ1) is 7.95. The molecule has 0 aliphatic carbocycles. The van der Waals surface area contributed by atoms with Gasteiger partial charge < -0.3 is 16.2 Å². The van der Waals surface area contributed by atoms with E-state index in [1.54, 1.807) is 6.92 Å². The first kappa shape index (κ1) is 13.3. The second-order valence-electron chi connectivity index (χ2n) is 3.50. The summed E-state index contributed by atoms with van der Waals surface area (Å²) in [6.07, 6.45) is 0.375. The smallest absolute Gasteiger partial charge is 0.326 e. The van der Waals surface area contributed by atoms with Crippen LogP contribution in [0, 0.1) is 0 Å². The number of nitrogens with two attached hydrogens (primary N) is 1. The molecular formula is C11H13ClN2O3. The van der Waals surface area contributed by atoms with Gasteiger partial charge in [-0.3, -0.25) is 4.79 Å². The number of carbonyl (C=O) groups excluding carboxylic acids is 1. The van der Waals surface area contributed by atoms with Crippen molar-refractivity contribution in [2.45, 2.75) is 19.4 Å². The van der Waals surface area contributed by atoms with E-state index in [1.165, 1.54) is 18.2 Å². The SMILES string of the molecule is CCC(Nc1cc(Cl)ccc1C(N)=O)C(=O)O. The van der Waals surface area contributed by atoms with Gasteiger partial charge in [0.25, 0.3) is 5.91 Å². The molecule has 0 heterocycles. The summed E-state index contributed by atoms with van der Waals surface area (Å²) in [6, 6.07) is 3.68. The number of aliphatic carboxylic acids is 1. The van der Waals surface area contributed by atoms with E-state index < -0.39 is 17.9 Å².